The highest BCUT2D eigenvalue weighted by Crippen LogP contribution is 2.33. The van der Waals surface area contributed by atoms with Crippen molar-refractivity contribution in [3.8, 4) is 0 Å². The molecule has 1 N–H and O–H groups in total. The minimum atomic E-state index is -0.445. The standard InChI is InChI=1S/C27H33N5O3/c1-29-15-17-30(18-16-29)14-12-28-25(33)21-8-3-2-7-20(21)19-32-23-10-5-4-9-22(23)26(34)31-13-6-11-24(31)27(32)35/h2-5,7-10,24H,6,11-19H2,1H3,(H,28,33)/t24-/m1/s1. The molecule has 1 atom stereocenters. The third-order valence-electron chi connectivity index (χ3n) is 7.39. The van der Waals surface area contributed by atoms with E-state index in [-0.39, 0.29) is 24.3 Å². The third-order valence-corrected chi connectivity index (χ3v) is 7.39. The number of rotatable bonds is 6. The zero-order valence-corrected chi connectivity index (χ0v) is 20.3. The van der Waals surface area contributed by atoms with E-state index in [0.29, 0.717) is 36.3 Å². The van der Waals surface area contributed by atoms with E-state index in [1.54, 1.807) is 15.9 Å². The first-order chi connectivity index (χ1) is 17.0. The van der Waals surface area contributed by atoms with Crippen LogP contribution in [-0.4, -0.2) is 91.3 Å². The van der Waals surface area contributed by atoms with Crippen LogP contribution in [0, 0.1) is 0 Å². The number of carbonyl (C=O) groups is 3. The molecule has 35 heavy (non-hydrogen) atoms. The van der Waals surface area contributed by atoms with Gasteiger partial charge in [-0.05, 0) is 43.7 Å². The monoisotopic (exact) mass is 475 g/mol. The number of piperazine rings is 1. The number of anilines is 1. The second-order valence-corrected chi connectivity index (χ2v) is 9.66. The zero-order chi connectivity index (χ0) is 24.4. The summed E-state index contributed by atoms with van der Waals surface area (Å²) < 4.78 is 0. The Bertz CT molecular complexity index is 1110. The Kier molecular flexibility index (Phi) is 6.83. The molecule has 3 amide bonds. The summed E-state index contributed by atoms with van der Waals surface area (Å²) in [5, 5.41) is 3.06. The Hall–Kier alpha value is -3.23. The lowest BCUT2D eigenvalue weighted by atomic mass is 10.0. The van der Waals surface area contributed by atoms with Crippen molar-refractivity contribution in [3.05, 3.63) is 65.2 Å². The number of nitrogens with one attached hydrogen (secondary N) is 1. The van der Waals surface area contributed by atoms with Gasteiger partial charge in [0.2, 0.25) is 5.91 Å². The summed E-state index contributed by atoms with van der Waals surface area (Å²) >= 11 is 0. The van der Waals surface area contributed by atoms with Gasteiger partial charge in [0.25, 0.3) is 11.8 Å². The molecule has 2 aromatic carbocycles. The maximum absolute atomic E-state index is 13.6. The van der Waals surface area contributed by atoms with E-state index in [2.05, 4.69) is 22.2 Å². The predicted octanol–water partition coefficient (Wildman–Crippen LogP) is 1.82. The molecule has 2 fully saturated rings. The summed E-state index contributed by atoms with van der Waals surface area (Å²) in [5.41, 5.74) is 2.49. The molecular formula is C27H33N5O3. The van der Waals surface area contributed by atoms with Crippen LogP contribution in [-0.2, 0) is 11.3 Å². The van der Waals surface area contributed by atoms with Crippen LogP contribution in [0.3, 0.4) is 0 Å². The smallest absolute Gasteiger partial charge is 0.256 e. The van der Waals surface area contributed by atoms with Crippen molar-refractivity contribution in [2.45, 2.75) is 25.4 Å². The molecule has 184 valence electrons. The summed E-state index contributed by atoms with van der Waals surface area (Å²) in [5.74, 6) is -0.302. The summed E-state index contributed by atoms with van der Waals surface area (Å²) in [7, 11) is 2.13. The molecule has 0 unspecified atom stereocenters. The Morgan fingerprint density at radius 2 is 1.71 bits per heavy atom. The quantitative estimate of drug-likeness (QED) is 0.690. The van der Waals surface area contributed by atoms with E-state index in [0.717, 1.165) is 44.7 Å². The first kappa shape index (κ1) is 23.5. The van der Waals surface area contributed by atoms with Crippen molar-refractivity contribution in [1.29, 1.82) is 0 Å². The van der Waals surface area contributed by atoms with Gasteiger partial charge in [0, 0.05) is 51.4 Å². The minimum absolute atomic E-state index is 0.0777. The number of nitrogens with zero attached hydrogens (tertiary/aromatic N) is 4. The molecular weight excluding hydrogens is 442 g/mol. The van der Waals surface area contributed by atoms with Crippen LogP contribution >= 0.6 is 0 Å². The maximum atomic E-state index is 13.6. The van der Waals surface area contributed by atoms with Gasteiger partial charge in [0.15, 0.2) is 0 Å². The second-order valence-electron chi connectivity index (χ2n) is 9.66. The molecule has 0 aromatic heterocycles. The molecule has 5 rings (SSSR count). The number of fused-ring (bicyclic) bond motifs is 2. The number of hydrogen-bond acceptors (Lipinski definition) is 5. The van der Waals surface area contributed by atoms with Crippen molar-refractivity contribution in [2.75, 3.05) is 57.8 Å². The maximum Gasteiger partial charge on any atom is 0.256 e. The van der Waals surface area contributed by atoms with Crippen molar-refractivity contribution >= 4 is 23.4 Å². The van der Waals surface area contributed by atoms with Gasteiger partial charge in [-0.3, -0.25) is 19.3 Å². The number of para-hydroxylation sites is 1. The molecule has 3 heterocycles. The van der Waals surface area contributed by atoms with Gasteiger partial charge in [-0.1, -0.05) is 30.3 Å². The van der Waals surface area contributed by atoms with Crippen molar-refractivity contribution < 1.29 is 14.4 Å². The molecule has 3 aliphatic heterocycles. The highest BCUT2D eigenvalue weighted by molar-refractivity contribution is 6.11. The van der Waals surface area contributed by atoms with Crippen LogP contribution in [0.4, 0.5) is 5.69 Å². The van der Waals surface area contributed by atoms with Gasteiger partial charge < -0.3 is 20.0 Å². The molecule has 3 aliphatic rings. The van der Waals surface area contributed by atoms with Gasteiger partial charge in [0.05, 0.1) is 17.8 Å². The minimum Gasteiger partial charge on any atom is -0.351 e. The molecule has 0 spiro atoms. The summed E-state index contributed by atoms with van der Waals surface area (Å²) in [6.45, 7) is 6.35. The first-order valence-corrected chi connectivity index (χ1v) is 12.5. The summed E-state index contributed by atoms with van der Waals surface area (Å²) in [4.78, 5) is 48.0. The number of hydrogen-bond donors (Lipinski definition) is 1. The topological polar surface area (TPSA) is 76.2 Å². The number of likely N-dealkylation sites (N-methyl/N-ethyl adjacent to an activating group) is 1. The van der Waals surface area contributed by atoms with Crippen LogP contribution in [0.15, 0.2) is 48.5 Å². The van der Waals surface area contributed by atoms with Crippen LogP contribution in [0.5, 0.6) is 0 Å². The molecule has 2 aromatic rings. The SMILES string of the molecule is CN1CCN(CCNC(=O)c2ccccc2CN2C(=O)[C@H]3CCCN3C(=O)c3ccccc32)CC1. The highest BCUT2D eigenvalue weighted by Gasteiger charge is 2.42. The lowest BCUT2D eigenvalue weighted by Crippen LogP contribution is -2.47. The van der Waals surface area contributed by atoms with Gasteiger partial charge in [-0.2, -0.15) is 0 Å². The van der Waals surface area contributed by atoms with Gasteiger partial charge in [-0.15, -0.1) is 0 Å². The average molecular weight is 476 g/mol. The highest BCUT2D eigenvalue weighted by atomic mass is 16.2. The lowest BCUT2D eigenvalue weighted by molar-refractivity contribution is -0.122. The molecule has 0 bridgehead atoms. The summed E-state index contributed by atoms with van der Waals surface area (Å²) in [6.07, 6.45) is 1.49. The number of carbonyl (C=O) groups excluding carboxylic acids is 3. The largest absolute Gasteiger partial charge is 0.351 e. The van der Waals surface area contributed by atoms with Crippen molar-refractivity contribution in [2.24, 2.45) is 0 Å². The fourth-order valence-corrected chi connectivity index (χ4v) is 5.32. The van der Waals surface area contributed by atoms with E-state index >= 15 is 0 Å². The normalized spacial score (nSPS) is 21.0. The second kappa shape index (κ2) is 10.2. The Labute approximate surface area is 206 Å². The summed E-state index contributed by atoms with van der Waals surface area (Å²) in [6, 6.07) is 14.3. The number of benzene rings is 2. The average Bonchev–Trinajstić information content (AvgIpc) is 3.35. The lowest BCUT2D eigenvalue weighted by Gasteiger charge is -2.32. The predicted molar refractivity (Wildman–Crippen MR) is 134 cm³/mol. The molecule has 0 aliphatic carbocycles. The van der Waals surface area contributed by atoms with E-state index in [4.69, 9.17) is 0 Å². The Morgan fingerprint density at radius 1 is 0.971 bits per heavy atom. The van der Waals surface area contributed by atoms with Crippen molar-refractivity contribution in [1.82, 2.24) is 20.0 Å². The van der Waals surface area contributed by atoms with Crippen LogP contribution in [0.2, 0.25) is 0 Å². The van der Waals surface area contributed by atoms with Crippen molar-refractivity contribution in [3.63, 3.8) is 0 Å². The molecule has 0 saturated carbocycles. The zero-order valence-electron chi connectivity index (χ0n) is 20.3. The Balaban J connectivity index is 1.34. The number of amides is 3. The molecule has 8 nitrogen and oxygen atoms in total. The van der Waals surface area contributed by atoms with Crippen LogP contribution < -0.4 is 10.2 Å². The third kappa shape index (κ3) is 4.81. The van der Waals surface area contributed by atoms with Gasteiger partial charge in [-0.25, -0.2) is 0 Å². The van der Waals surface area contributed by atoms with Gasteiger partial charge >= 0.3 is 0 Å². The van der Waals surface area contributed by atoms with Crippen LogP contribution in [0.1, 0.15) is 39.1 Å². The van der Waals surface area contributed by atoms with E-state index < -0.39 is 6.04 Å². The fourth-order valence-electron chi connectivity index (χ4n) is 5.32. The first-order valence-electron chi connectivity index (χ1n) is 12.5. The Morgan fingerprint density at radius 3 is 2.54 bits per heavy atom. The molecule has 0 radical (unpaired) electrons. The van der Waals surface area contributed by atoms with E-state index in [9.17, 15) is 14.4 Å². The fraction of sp³-hybridized carbons (Fsp3) is 0.444. The molecule has 8 heteroatoms. The van der Waals surface area contributed by atoms with E-state index in [1.807, 2.05) is 42.5 Å². The van der Waals surface area contributed by atoms with Gasteiger partial charge in [0.1, 0.15) is 6.04 Å². The van der Waals surface area contributed by atoms with E-state index in [1.165, 1.54) is 0 Å². The molecule has 2 saturated heterocycles. The van der Waals surface area contributed by atoms with Crippen LogP contribution in [0.25, 0.3) is 0 Å².